The predicted molar refractivity (Wildman–Crippen MR) is 88.6 cm³/mol. The van der Waals surface area contributed by atoms with E-state index in [4.69, 9.17) is 9.47 Å². The molecule has 0 saturated heterocycles. The summed E-state index contributed by atoms with van der Waals surface area (Å²) < 4.78 is 10.3. The standard InChI is InChI=1S/C15H22N2O5S/c1-15(2,3)22-14(20)17(7-8-18)6-5-16-13-9-11(21-4)12(10-19)23-13/h8-10,16H,5-7H2,1-4H3. The number of nitrogens with one attached hydrogen (secondary N) is 1. The number of aldehydes is 2. The van der Waals surface area contributed by atoms with Crippen molar-refractivity contribution in [1.29, 1.82) is 0 Å². The fraction of sp³-hybridized carbons (Fsp3) is 0.533. The molecule has 0 spiro atoms. The summed E-state index contributed by atoms with van der Waals surface area (Å²) in [7, 11) is 1.49. The summed E-state index contributed by atoms with van der Waals surface area (Å²) in [5, 5.41) is 3.84. The molecule has 1 aromatic heterocycles. The predicted octanol–water partition coefficient (Wildman–Crippen LogP) is 2.42. The van der Waals surface area contributed by atoms with E-state index in [1.54, 1.807) is 26.8 Å². The number of hydrogen-bond acceptors (Lipinski definition) is 7. The molecular formula is C15H22N2O5S. The summed E-state index contributed by atoms with van der Waals surface area (Å²) in [6.07, 6.45) is 0.847. The van der Waals surface area contributed by atoms with Crippen molar-refractivity contribution < 1.29 is 23.9 Å². The number of nitrogens with zero attached hydrogens (tertiary/aromatic N) is 1. The fourth-order valence-electron chi connectivity index (χ4n) is 1.70. The molecule has 1 amide bonds. The molecule has 23 heavy (non-hydrogen) atoms. The van der Waals surface area contributed by atoms with Gasteiger partial charge in [-0.1, -0.05) is 0 Å². The maximum atomic E-state index is 12.0. The summed E-state index contributed by atoms with van der Waals surface area (Å²) >= 11 is 1.26. The van der Waals surface area contributed by atoms with Crippen LogP contribution in [0.25, 0.3) is 0 Å². The maximum absolute atomic E-state index is 12.0. The number of rotatable bonds is 8. The Morgan fingerprint density at radius 2 is 2.09 bits per heavy atom. The van der Waals surface area contributed by atoms with Gasteiger partial charge in [0.1, 0.15) is 22.5 Å². The van der Waals surface area contributed by atoms with E-state index in [9.17, 15) is 14.4 Å². The summed E-state index contributed by atoms with van der Waals surface area (Å²) in [6, 6.07) is 1.71. The van der Waals surface area contributed by atoms with Gasteiger partial charge < -0.3 is 19.6 Å². The van der Waals surface area contributed by atoms with Gasteiger partial charge in [0.15, 0.2) is 6.29 Å². The van der Waals surface area contributed by atoms with E-state index in [1.165, 1.54) is 23.3 Å². The minimum absolute atomic E-state index is 0.0378. The summed E-state index contributed by atoms with van der Waals surface area (Å²) in [5.74, 6) is 0.504. The van der Waals surface area contributed by atoms with Crippen molar-refractivity contribution in [3.05, 3.63) is 10.9 Å². The zero-order valence-corrected chi connectivity index (χ0v) is 14.6. The third-order valence-electron chi connectivity index (χ3n) is 2.68. The second-order valence-electron chi connectivity index (χ2n) is 5.68. The molecule has 0 aliphatic heterocycles. The van der Waals surface area contributed by atoms with Crippen molar-refractivity contribution in [3.63, 3.8) is 0 Å². The first-order chi connectivity index (χ1) is 10.8. The molecule has 0 unspecified atom stereocenters. The van der Waals surface area contributed by atoms with Crippen LogP contribution in [-0.4, -0.2) is 55.9 Å². The topological polar surface area (TPSA) is 84.9 Å². The van der Waals surface area contributed by atoms with Crippen molar-refractivity contribution in [2.24, 2.45) is 0 Å². The number of amides is 1. The number of anilines is 1. The first-order valence-electron chi connectivity index (χ1n) is 7.09. The van der Waals surface area contributed by atoms with Gasteiger partial charge in [0.25, 0.3) is 0 Å². The molecule has 0 radical (unpaired) electrons. The maximum Gasteiger partial charge on any atom is 0.410 e. The SMILES string of the molecule is COc1cc(NCCN(CC=O)C(=O)OC(C)(C)C)sc1C=O. The van der Waals surface area contributed by atoms with Crippen LogP contribution in [0.4, 0.5) is 9.80 Å². The van der Waals surface area contributed by atoms with Gasteiger partial charge in [0, 0.05) is 19.2 Å². The molecule has 1 heterocycles. The summed E-state index contributed by atoms with van der Waals surface area (Å²) in [5.41, 5.74) is -0.619. The van der Waals surface area contributed by atoms with E-state index in [-0.39, 0.29) is 6.54 Å². The molecule has 128 valence electrons. The van der Waals surface area contributed by atoms with Crippen molar-refractivity contribution in [3.8, 4) is 5.75 Å². The lowest BCUT2D eigenvalue weighted by Gasteiger charge is -2.26. The molecule has 1 N–H and O–H groups in total. The van der Waals surface area contributed by atoms with E-state index in [0.717, 1.165) is 11.3 Å². The van der Waals surface area contributed by atoms with Crippen molar-refractivity contribution >= 4 is 35.0 Å². The monoisotopic (exact) mass is 342 g/mol. The van der Waals surface area contributed by atoms with Gasteiger partial charge in [-0.3, -0.25) is 9.69 Å². The Morgan fingerprint density at radius 1 is 1.39 bits per heavy atom. The molecule has 0 bridgehead atoms. The van der Waals surface area contributed by atoms with Gasteiger partial charge in [0.2, 0.25) is 0 Å². The van der Waals surface area contributed by atoms with Crippen LogP contribution in [0.2, 0.25) is 0 Å². The Bertz CT molecular complexity index is 551. The van der Waals surface area contributed by atoms with Crippen molar-refractivity contribution in [2.45, 2.75) is 26.4 Å². The molecular weight excluding hydrogens is 320 g/mol. The molecule has 1 rings (SSSR count). The third kappa shape index (κ3) is 6.27. The Balaban J connectivity index is 2.58. The van der Waals surface area contributed by atoms with Crippen LogP contribution in [0, 0.1) is 0 Å². The Kier molecular flexibility index (Phi) is 7.02. The van der Waals surface area contributed by atoms with Gasteiger partial charge in [-0.2, -0.15) is 0 Å². The first-order valence-corrected chi connectivity index (χ1v) is 7.90. The zero-order valence-electron chi connectivity index (χ0n) is 13.8. The molecule has 0 aliphatic rings. The second-order valence-corrected chi connectivity index (χ2v) is 6.76. The van der Waals surface area contributed by atoms with Crippen LogP contribution >= 0.6 is 11.3 Å². The average Bonchev–Trinajstić information content (AvgIpc) is 2.87. The van der Waals surface area contributed by atoms with Crippen LogP contribution in [0.3, 0.4) is 0 Å². The lowest BCUT2D eigenvalue weighted by molar-refractivity contribution is -0.108. The van der Waals surface area contributed by atoms with Crippen LogP contribution in [0.1, 0.15) is 30.4 Å². The number of ether oxygens (including phenoxy) is 2. The number of carbonyl (C=O) groups excluding carboxylic acids is 3. The number of carbonyl (C=O) groups is 3. The smallest absolute Gasteiger partial charge is 0.410 e. The highest BCUT2D eigenvalue weighted by atomic mass is 32.1. The molecule has 8 heteroatoms. The fourth-order valence-corrected chi connectivity index (χ4v) is 2.57. The zero-order chi connectivity index (χ0) is 17.5. The Hall–Kier alpha value is -2.09. The molecule has 0 atom stereocenters. The lowest BCUT2D eigenvalue weighted by atomic mass is 10.2. The van der Waals surface area contributed by atoms with E-state index in [1.807, 2.05) is 0 Å². The van der Waals surface area contributed by atoms with Crippen LogP contribution in [0.15, 0.2) is 6.07 Å². The molecule has 0 fully saturated rings. The molecule has 0 aromatic carbocycles. The average molecular weight is 342 g/mol. The van der Waals surface area contributed by atoms with Crippen molar-refractivity contribution in [2.75, 3.05) is 32.1 Å². The van der Waals surface area contributed by atoms with E-state index >= 15 is 0 Å². The second kappa shape index (κ2) is 8.52. The number of hydrogen-bond donors (Lipinski definition) is 1. The van der Waals surface area contributed by atoms with Gasteiger partial charge in [-0.15, -0.1) is 11.3 Å². The highest BCUT2D eigenvalue weighted by molar-refractivity contribution is 7.18. The summed E-state index contributed by atoms with van der Waals surface area (Å²) in [6.45, 7) is 5.96. The van der Waals surface area contributed by atoms with Crippen LogP contribution in [-0.2, 0) is 9.53 Å². The van der Waals surface area contributed by atoms with E-state index in [2.05, 4.69) is 5.32 Å². The van der Waals surface area contributed by atoms with Gasteiger partial charge >= 0.3 is 6.09 Å². The minimum atomic E-state index is -0.619. The van der Waals surface area contributed by atoms with Crippen LogP contribution in [0.5, 0.6) is 5.75 Å². The molecule has 0 saturated carbocycles. The Labute approximate surface area is 139 Å². The van der Waals surface area contributed by atoms with Gasteiger partial charge in [0.05, 0.1) is 18.7 Å². The lowest BCUT2D eigenvalue weighted by Crippen LogP contribution is -2.40. The van der Waals surface area contributed by atoms with Gasteiger partial charge in [-0.05, 0) is 20.8 Å². The highest BCUT2D eigenvalue weighted by Gasteiger charge is 2.21. The quantitative estimate of drug-likeness (QED) is 0.730. The number of thiophene rings is 1. The Morgan fingerprint density at radius 3 is 2.57 bits per heavy atom. The minimum Gasteiger partial charge on any atom is -0.495 e. The highest BCUT2D eigenvalue weighted by Crippen LogP contribution is 2.31. The summed E-state index contributed by atoms with van der Waals surface area (Å²) in [4.78, 5) is 35.4. The van der Waals surface area contributed by atoms with Gasteiger partial charge in [-0.25, -0.2) is 4.79 Å². The van der Waals surface area contributed by atoms with Crippen LogP contribution < -0.4 is 10.1 Å². The normalized spacial score (nSPS) is 10.8. The molecule has 7 nitrogen and oxygen atoms in total. The largest absolute Gasteiger partial charge is 0.495 e. The van der Waals surface area contributed by atoms with E-state index < -0.39 is 11.7 Å². The van der Waals surface area contributed by atoms with Crippen molar-refractivity contribution in [1.82, 2.24) is 4.90 Å². The number of methoxy groups -OCH3 is 1. The van der Waals surface area contributed by atoms with E-state index in [0.29, 0.717) is 30.0 Å². The third-order valence-corrected chi connectivity index (χ3v) is 3.68. The molecule has 1 aromatic rings. The first kappa shape index (κ1) is 19.0. The molecule has 0 aliphatic carbocycles.